The standard InChI is InChI=1S/C15H24BrNO2/c1-4-12(5-2)17(8-9-18)13-6-7-14(11(3)19)15(16)10-13/h6-7,10-12,18-19H,4-5,8-9H2,1-3H3. The highest BCUT2D eigenvalue weighted by Crippen LogP contribution is 2.29. The van der Waals surface area contributed by atoms with Crippen molar-refractivity contribution in [3.8, 4) is 0 Å². The van der Waals surface area contributed by atoms with Crippen molar-refractivity contribution in [1.29, 1.82) is 0 Å². The van der Waals surface area contributed by atoms with Gasteiger partial charge in [0.05, 0.1) is 12.7 Å². The van der Waals surface area contributed by atoms with Crippen molar-refractivity contribution in [3.63, 3.8) is 0 Å². The first-order chi connectivity index (χ1) is 9.04. The summed E-state index contributed by atoms with van der Waals surface area (Å²) in [7, 11) is 0. The first-order valence-corrected chi connectivity index (χ1v) is 7.69. The Labute approximate surface area is 124 Å². The molecule has 0 spiro atoms. The van der Waals surface area contributed by atoms with Crippen molar-refractivity contribution in [2.24, 2.45) is 0 Å². The molecule has 0 aliphatic rings. The minimum absolute atomic E-state index is 0.145. The van der Waals surface area contributed by atoms with Crippen molar-refractivity contribution in [1.82, 2.24) is 0 Å². The van der Waals surface area contributed by atoms with Crippen LogP contribution in [0.1, 0.15) is 45.3 Å². The number of aliphatic hydroxyl groups excluding tert-OH is 2. The van der Waals surface area contributed by atoms with Gasteiger partial charge in [0.1, 0.15) is 0 Å². The van der Waals surface area contributed by atoms with Crippen LogP contribution in [-0.4, -0.2) is 29.4 Å². The molecule has 0 radical (unpaired) electrons. The van der Waals surface area contributed by atoms with E-state index in [4.69, 9.17) is 0 Å². The predicted octanol–water partition coefficient (Wildman–Crippen LogP) is 3.49. The lowest BCUT2D eigenvalue weighted by Crippen LogP contribution is -2.36. The topological polar surface area (TPSA) is 43.7 Å². The average molecular weight is 330 g/mol. The number of aliphatic hydroxyl groups is 2. The molecule has 0 saturated carbocycles. The number of halogens is 1. The molecule has 19 heavy (non-hydrogen) atoms. The number of anilines is 1. The number of benzene rings is 1. The largest absolute Gasteiger partial charge is 0.395 e. The Morgan fingerprint density at radius 3 is 2.32 bits per heavy atom. The van der Waals surface area contributed by atoms with Crippen LogP contribution in [0.5, 0.6) is 0 Å². The van der Waals surface area contributed by atoms with E-state index in [2.05, 4.69) is 34.7 Å². The minimum atomic E-state index is -0.483. The molecule has 0 bridgehead atoms. The zero-order chi connectivity index (χ0) is 14.4. The molecule has 1 unspecified atom stereocenters. The molecule has 4 heteroatoms. The maximum Gasteiger partial charge on any atom is 0.0772 e. The molecule has 1 aromatic carbocycles. The summed E-state index contributed by atoms with van der Waals surface area (Å²) < 4.78 is 0.911. The molecular formula is C15H24BrNO2. The monoisotopic (exact) mass is 329 g/mol. The van der Waals surface area contributed by atoms with E-state index >= 15 is 0 Å². The van der Waals surface area contributed by atoms with Crippen LogP contribution >= 0.6 is 15.9 Å². The minimum Gasteiger partial charge on any atom is -0.395 e. The number of hydrogen-bond acceptors (Lipinski definition) is 3. The fourth-order valence-electron chi connectivity index (χ4n) is 2.39. The highest BCUT2D eigenvalue weighted by Gasteiger charge is 2.17. The summed E-state index contributed by atoms with van der Waals surface area (Å²) in [6, 6.07) is 6.41. The molecule has 1 rings (SSSR count). The summed E-state index contributed by atoms with van der Waals surface area (Å²) in [5, 5.41) is 18.9. The summed E-state index contributed by atoms with van der Waals surface area (Å²) in [4.78, 5) is 2.23. The van der Waals surface area contributed by atoms with E-state index in [0.29, 0.717) is 12.6 Å². The van der Waals surface area contributed by atoms with Gasteiger partial charge in [0.25, 0.3) is 0 Å². The average Bonchev–Trinajstić information content (AvgIpc) is 2.38. The van der Waals surface area contributed by atoms with Crippen molar-refractivity contribution in [3.05, 3.63) is 28.2 Å². The van der Waals surface area contributed by atoms with Gasteiger partial charge < -0.3 is 15.1 Å². The molecule has 108 valence electrons. The Kier molecular flexibility index (Phi) is 6.83. The highest BCUT2D eigenvalue weighted by molar-refractivity contribution is 9.10. The third-order valence-electron chi connectivity index (χ3n) is 3.49. The van der Waals surface area contributed by atoms with Gasteiger partial charge in [0, 0.05) is 22.7 Å². The van der Waals surface area contributed by atoms with Crippen molar-refractivity contribution in [2.45, 2.75) is 45.8 Å². The van der Waals surface area contributed by atoms with E-state index < -0.39 is 6.10 Å². The van der Waals surface area contributed by atoms with Crippen LogP contribution in [-0.2, 0) is 0 Å². The van der Waals surface area contributed by atoms with Gasteiger partial charge in [0.2, 0.25) is 0 Å². The highest BCUT2D eigenvalue weighted by atomic mass is 79.9. The van der Waals surface area contributed by atoms with Gasteiger partial charge in [-0.2, -0.15) is 0 Å². The molecule has 1 atom stereocenters. The molecule has 0 aromatic heterocycles. The molecule has 1 aromatic rings. The first kappa shape index (κ1) is 16.5. The van der Waals surface area contributed by atoms with Crippen LogP contribution in [0.4, 0.5) is 5.69 Å². The Hall–Kier alpha value is -0.580. The molecule has 2 N–H and O–H groups in total. The fraction of sp³-hybridized carbons (Fsp3) is 0.600. The lowest BCUT2D eigenvalue weighted by molar-refractivity contribution is 0.198. The summed E-state index contributed by atoms with van der Waals surface area (Å²) in [5.41, 5.74) is 1.97. The molecule has 0 amide bonds. The number of nitrogens with zero attached hydrogens (tertiary/aromatic N) is 1. The second-order valence-electron chi connectivity index (χ2n) is 4.77. The summed E-state index contributed by atoms with van der Waals surface area (Å²) >= 11 is 3.51. The van der Waals surface area contributed by atoms with Crippen LogP contribution in [0.2, 0.25) is 0 Å². The van der Waals surface area contributed by atoms with Crippen LogP contribution in [0.25, 0.3) is 0 Å². The Morgan fingerprint density at radius 2 is 1.89 bits per heavy atom. The quantitative estimate of drug-likeness (QED) is 0.804. The molecule has 0 heterocycles. The Bertz CT molecular complexity index is 392. The first-order valence-electron chi connectivity index (χ1n) is 6.90. The van der Waals surface area contributed by atoms with E-state index in [-0.39, 0.29) is 6.61 Å². The molecule has 0 aliphatic carbocycles. The Balaban J connectivity index is 3.06. The molecule has 0 fully saturated rings. The van der Waals surface area contributed by atoms with Crippen LogP contribution in [0, 0.1) is 0 Å². The van der Waals surface area contributed by atoms with Gasteiger partial charge in [-0.3, -0.25) is 0 Å². The summed E-state index contributed by atoms with van der Waals surface area (Å²) in [6.45, 7) is 6.86. The molecule has 3 nitrogen and oxygen atoms in total. The zero-order valence-corrected chi connectivity index (χ0v) is 13.5. The second-order valence-corrected chi connectivity index (χ2v) is 5.62. The fourth-order valence-corrected chi connectivity index (χ4v) is 3.09. The smallest absolute Gasteiger partial charge is 0.0772 e. The van der Waals surface area contributed by atoms with Crippen molar-refractivity contribution < 1.29 is 10.2 Å². The van der Waals surface area contributed by atoms with Crippen LogP contribution < -0.4 is 4.90 Å². The maximum atomic E-state index is 9.66. The predicted molar refractivity (Wildman–Crippen MR) is 83.6 cm³/mol. The van der Waals surface area contributed by atoms with E-state index in [9.17, 15) is 10.2 Å². The SMILES string of the molecule is CCC(CC)N(CCO)c1ccc(C(C)O)c(Br)c1. The van der Waals surface area contributed by atoms with Gasteiger partial charge in [-0.1, -0.05) is 35.8 Å². The third-order valence-corrected chi connectivity index (χ3v) is 4.18. The normalized spacial score (nSPS) is 12.8. The van der Waals surface area contributed by atoms with Gasteiger partial charge in [-0.15, -0.1) is 0 Å². The van der Waals surface area contributed by atoms with Crippen LogP contribution in [0.15, 0.2) is 22.7 Å². The van der Waals surface area contributed by atoms with Gasteiger partial charge in [-0.25, -0.2) is 0 Å². The van der Waals surface area contributed by atoms with Crippen LogP contribution in [0.3, 0.4) is 0 Å². The maximum absolute atomic E-state index is 9.66. The summed E-state index contributed by atoms with van der Waals surface area (Å²) in [5.74, 6) is 0. The number of hydrogen-bond donors (Lipinski definition) is 2. The lowest BCUT2D eigenvalue weighted by atomic mass is 10.1. The molecular weight excluding hydrogens is 306 g/mol. The third kappa shape index (κ3) is 4.20. The number of rotatable bonds is 7. The van der Waals surface area contributed by atoms with E-state index in [1.54, 1.807) is 6.92 Å². The van der Waals surface area contributed by atoms with E-state index in [1.807, 2.05) is 18.2 Å². The second kappa shape index (κ2) is 7.88. The molecule has 0 saturated heterocycles. The van der Waals surface area contributed by atoms with Gasteiger partial charge in [0.15, 0.2) is 0 Å². The van der Waals surface area contributed by atoms with E-state index in [1.165, 1.54) is 0 Å². The summed E-state index contributed by atoms with van der Waals surface area (Å²) in [6.07, 6.45) is 1.61. The van der Waals surface area contributed by atoms with E-state index in [0.717, 1.165) is 28.6 Å². The zero-order valence-electron chi connectivity index (χ0n) is 11.9. The lowest BCUT2D eigenvalue weighted by Gasteiger charge is -2.32. The van der Waals surface area contributed by atoms with Gasteiger partial charge in [-0.05, 0) is 37.5 Å². The molecule has 0 aliphatic heterocycles. The Morgan fingerprint density at radius 1 is 1.26 bits per heavy atom. The van der Waals surface area contributed by atoms with Gasteiger partial charge >= 0.3 is 0 Å². The van der Waals surface area contributed by atoms with Crippen molar-refractivity contribution >= 4 is 21.6 Å². The van der Waals surface area contributed by atoms with Crippen molar-refractivity contribution in [2.75, 3.05) is 18.1 Å².